The lowest BCUT2D eigenvalue weighted by Crippen LogP contribution is -2.41. The van der Waals surface area contributed by atoms with Crippen molar-refractivity contribution in [1.29, 1.82) is 0 Å². The molecule has 0 saturated carbocycles. The molecule has 0 aromatic carbocycles. The first-order chi connectivity index (χ1) is 6.40. The summed E-state index contributed by atoms with van der Waals surface area (Å²) < 4.78 is 35.7. The van der Waals surface area contributed by atoms with E-state index in [1.165, 1.54) is 4.90 Å². The molecule has 1 rings (SSSR count). The molecular weight excluding hydrogens is 197 g/mol. The van der Waals surface area contributed by atoms with Crippen LogP contribution in [-0.2, 0) is 4.79 Å². The monoisotopic (exact) mass is 210 g/mol. The normalized spacial score (nSPS) is 24.1. The fourth-order valence-corrected chi connectivity index (χ4v) is 1.69. The van der Waals surface area contributed by atoms with Crippen LogP contribution in [0.1, 0.15) is 19.3 Å². The van der Waals surface area contributed by atoms with Crippen molar-refractivity contribution in [2.45, 2.75) is 31.5 Å². The summed E-state index contributed by atoms with van der Waals surface area (Å²) in [6, 6.07) is -0.502. The quantitative estimate of drug-likeness (QED) is 0.751. The van der Waals surface area contributed by atoms with Crippen LogP contribution < -0.4 is 5.73 Å². The number of nitrogens with zero attached hydrogens (tertiary/aromatic N) is 1. The van der Waals surface area contributed by atoms with Crippen LogP contribution in [0, 0.1) is 0 Å². The number of rotatable bonds is 3. The number of hydrogen-bond acceptors (Lipinski definition) is 2. The van der Waals surface area contributed by atoms with Gasteiger partial charge in [-0.3, -0.25) is 9.69 Å². The van der Waals surface area contributed by atoms with E-state index in [1.807, 2.05) is 0 Å². The lowest BCUT2D eigenvalue weighted by atomic mass is 10.2. The minimum atomic E-state index is -4.16. The van der Waals surface area contributed by atoms with Crippen molar-refractivity contribution in [2.75, 3.05) is 13.1 Å². The highest BCUT2D eigenvalue weighted by atomic mass is 19.4. The molecule has 0 spiro atoms. The molecule has 1 amide bonds. The van der Waals surface area contributed by atoms with Gasteiger partial charge in [0.2, 0.25) is 5.91 Å². The second-order valence-corrected chi connectivity index (χ2v) is 3.46. The predicted molar refractivity (Wildman–Crippen MR) is 44.5 cm³/mol. The molecule has 1 saturated heterocycles. The van der Waals surface area contributed by atoms with Gasteiger partial charge in [0.25, 0.3) is 0 Å². The Hall–Kier alpha value is -0.780. The molecule has 82 valence electrons. The summed E-state index contributed by atoms with van der Waals surface area (Å²) in [7, 11) is 0. The van der Waals surface area contributed by atoms with Gasteiger partial charge in [-0.05, 0) is 19.4 Å². The second kappa shape index (κ2) is 4.16. The molecule has 3 nitrogen and oxygen atoms in total. The summed E-state index contributed by atoms with van der Waals surface area (Å²) in [5.41, 5.74) is 5.07. The number of halogens is 3. The van der Waals surface area contributed by atoms with Gasteiger partial charge in [-0.25, -0.2) is 0 Å². The lowest BCUT2D eigenvalue weighted by molar-refractivity contribution is -0.140. The number of carbonyl (C=O) groups excluding carboxylic acids is 1. The maximum Gasteiger partial charge on any atom is 0.390 e. The largest absolute Gasteiger partial charge is 0.390 e. The number of hydrogen-bond donors (Lipinski definition) is 1. The van der Waals surface area contributed by atoms with Gasteiger partial charge in [0.1, 0.15) is 0 Å². The SMILES string of the molecule is NC(=O)[C@H]1CCCN1CCC(F)(F)F. The van der Waals surface area contributed by atoms with E-state index < -0.39 is 24.5 Å². The fraction of sp³-hybridized carbons (Fsp3) is 0.875. The van der Waals surface area contributed by atoms with E-state index in [1.54, 1.807) is 0 Å². The molecule has 14 heavy (non-hydrogen) atoms. The van der Waals surface area contributed by atoms with E-state index in [2.05, 4.69) is 0 Å². The Morgan fingerprint density at radius 2 is 2.14 bits per heavy atom. The van der Waals surface area contributed by atoms with Crippen LogP contribution in [-0.4, -0.2) is 36.1 Å². The van der Waals surface area contributed by atoms with Crippen LogP contribution in [0.4, 0.5) is 13.2 Å². The maximum absolute atomic E-state index is 11.9. The van der Waals surface area contributed by atoms with Gasteiger partial charge >= 0.3 is 6.18 Å². The highest BCUT2D eigenvalue weighted by Gasteiger charge is 2.33. The average Bonchev–Trinajstić information content (AvgIpc) is 2.46. The second-order valence-electron chi connectivity index (χ2n) is 3.46. The van der Waals surface area contributed by atoms with E-state index in [0.29, 0.717) is 13.0 Å². The average molecular weight is 210 g/mol. The highest BCUT2D eigenvalue weighted by molar-refractivity contribution is 5.80. The van der Waals surface area contributed by atoms with Crippen LogP contribution in [0.25, 0.3) is 0 Å². The third-order valence-corrected chi connectivity index (χ3v) is 2.37. The third kappa shape index (κ3) is 3.17. The van der Waals surface area contributed by atoms with Crippen molar-refractivity contribution >= 4 is 5.91 Å². The number of amides is 1. The third-order valence-electron chi connectivity index (χ3n) is 2.37. The highest BCUT2D eigenvalue weighted by Crippen LogP contribution is 2.23. The molecule has 1 atom stereocenters. The van der Waals surface area contributed by atoms with E-state index in [0.717, 1.165) is 6.42 Å². The van der Waals surface area contributed by atoms with Gasteiger partial charge in [0.15, 0.2) is 0 Å². The Morgan fingerprint density at radius 1 is 1.50 bits per heavy atom. The van der Waals surface area contributed by atoms with E-state index in [-0.39, 0.29) is 6.54 Å². The Kier molecular flexibility index (Phi) is 3.36. The Bertz CT molecular complexity index is 217. The smallest absolute Gasteiger partial charge is 0.368 e. The van der Waals surface area contributed by atoms with Crippen LogP contribution in [0.3, 0.4) is 0 Å². The van der Waals surface area contributed by atoms with Crippen LogP contribution in [0.15, 0.2) is 0 Å². The molecule has 1 fully saturated rings. The minimum absolute atomic E-state index is 0.128. The molecule has 0 aliphatic carbocycles. The molecule has 1 aliphatic rings. The summed E-state index contributed by atoms with van der Waals surface area (Å²) in [6.07, 6.45) is -3.72. The molecule has 0 radical (unpaired) electrons. The molecule has 0 aromatic rings. The van der Waals surface area contributed by atoms with E-state index >= 15 is 0 Å². The lowest BCUT2D eigenvalue weighted by Gasteiger charge is -2.22. The predicted octanol–water partition coefficient (Wildman–Crippen LogP) is 0.889. The Morgan fingerprint density at radius 3 is 2.64 bits per heavy atom. The zero-order chi connectivity index (χ0) is 10.8. The number of alkyl halides is 3. The number of primary amides is 1. The standard InChI is InChI=1S/C8H13F3N2O/c9-8(10,11)3-5-13-4-1-2-6(13)7(12)14/h6H,1-5H2,(H2,12,14)/t6-/m1/s1. The van der Waals surface area contributed by atoms with Crippen molar-refractivity contribution in [1.82, 2.24) is 4.90 Å². The molecule has 6 heteroatoms. The zero-order valence-corrected chi connectivity index (χ0v) is 7.68. The topological polar surface area (TPSA) is 46.3 Å². The van der Waals surface area contributed by atoms with Gasteiger partial charge in [-0.2, -0.15) is 13.2 Å². The number of carbonyl (C=O) groups is 1. The van der Waals surface area contributed by atoms with Crippen molar-refractivity contribution < 1.29 is 18.0 Å². The molecule has 0 bridgehead atoms. The Labute approximate surface area is 80.0 Å². The van der Waals surface area contributed by atoms with Crippen molar-refractivity contribution in [3.8, 4) is 0 Å². The molecule has 0 unspecified atom stereocenters. The first-order valence-electron chi connectivity index (χ1n) is 4.50. The molecule has 1 aliphatic heterocycles. The molecular formula is C8H13F3N2O. The fourth-order valence-electron chi connectivity index (χ4n) is 1.69. The Balaban J connectivity index is 2.40. The first kappa shape index (κ1) is 11.3. The van der Waals surface area contributed by atoms with Crippen molar-refractivity contribution in [3.63, 3.8) is 0 Å². The summed E-state index contributed by atoms with van der Waals surface area (Å²) in [6.45, 7) is 0.404. The van der Waals surface area contributed by atoms with E-state index in [4.69, 9.17) is 5.73 Å². The van der Waals surface area contributed by atoms with Gasteiger partial charge < -0.3 is 5.73 Å². The van der Waals surface area contributed by atoms with Crippen molar-refractivity contribution in [2.24, 2.45) is 5.73 Å². The van der Waals surface area contributed by atoms with Gasteiger partial charge in [0.05, 0.1) is 12.5 Å². The van der Waals surface area contributed by atoms with Gasteiger partial charge in [0, 0.05) is 6.54 Å². The zero-order valence-electron chi connectivity index (χ0n) is 7.68. The molecule has 2 N–H and O–H groups in total. The summed E-state index contributed by atoms with van der Waals surface area (Å²) in [5.74, 6) is -0.523. The maximum atomic E-state index is 11.9. The summed E-state index contributed by atoms with van der Waals surface area (Å²) in [4.78, 5) is 12.3. The summed E-state index contributed by atoms with van der Waals surface area (Å²) in [5, 5.41) is 0. The van der Waals surface area contributed by atoms with Crippen LogP contribution in [0.5, 0.6) is 0 Å². The van der Waals surface area contributed by atoms with Crippen LogP contribution >= 0.6 is 0 Å². The number of likely N-dealkylation sites (tertiary alicyclic amines) is 1. The van der Waals surface area contributed by atoms with Gasteiger partial charge in [-0.1, -0.05) is 0 Å². The first-order valence-corrected chi connectivity index (χ1v) is 4.50. The number of nitrogens with two attached hydrogens (primary N) is 1. The van der Waals surface area contributed by atoms with E-state index in [9.17, 15) is 18.0 Å². The van der Waals surface area contributed by atoms with Gasteiger partial charge in [-0.15, -0.1) is 0 Å². The minimum Gasteiger partial charge on any atom is -0.368 e. The van der Waals surface area contributed by atoms with Crippen LogP contribution in [0.2, 0.25) is 0 Å². The molecule has 1 heterocycles. The summed E-state index contributed by atoms with van der Waals surface area (Å²) >= 11 is 0. The van der Waals surface area contributed by atoms with Crippen molar-refractivity contribution in [3.05, 3.63) is 0 Å². The molecule has 0 aromatic heterocycles.